The number of benzene rings is 1. The molecule has 1 fully saturated rings. The van der Waals surface area contributed by atoms with Gasteiger partial charge in [-0.05, 0) is 49.3 Å². The van der Waals surface area contributed by atoms with Crippen LogP contribution in [0.2, 0.25) is 0 Å². The van der Waals surface area contributed by atoms with E-state index < -0.39 is 0 Å². The lowest BCUT2D eigenvalue weighted by atomic mass is 9.82. The lowest BCUT2D eigenvalue weighted by Crippen LogP contribution is -2.28. The van der Waals surface area contributed by atoms with Gasteiger partial charge in [-0.1, -0.05) is 43.5 Å². The summed E-state index contributed by atoms with van der Waals surface area (Å²) < 4.78 is 0. The molecule has 0 heterocycles. The Labute approximate surface area is 105 Å². The van der Waals surface area contributed by atoms with Crippen LogP contribution in [0.4, 0.5) is 0 Å². The van der Waals surface area contributed by atoms with E-state index in [4.69, 9.17) is 0 Å². The number of nitrogens with one attached hydrogen (secondary N) is 1. The van der Waals surface area contributed by atoms with Gasteiger partial charge in [0.25, 0.3) is 0 Å². The quantitative estimate of drug-likeness (QED) is 0.827. The Hall–Kier alpha value is -0.820. The predicted octanol–water partition coefficient (Wildman–Crippen LogP) is 3.84. The Morgan fingerprint density at radius 3 is 2.76 bits per heavy atom. The van der Waals surface area contributed by atoms with Crippen LogP contribution in [0.5, 0.6) is 0 Å². The predicted molar refractivity (Wildman–Crippen MR) is 72.1 cm³/mol. The molecule has 1 unspecified atom stereocenters. The molecule has 1 heteroatoms. The van der Waals surface area contributed by atoms with Gasteiger partial charge in [-0.25, -0.2) is 0 Å². The maximum Gasteiger partial charge on any atom is 0.0323 e. The van der Waals surface area contributed by atoms with Gasteiger partial charge in [-0.3, -0.25) is 0 Å². The van der Waals surface area contributed by atoms with Crippen LogP contribution in [-0.4, -0.2) is 6.54 Å². The van der Waals surface area contributed by atoms with Crippen molar-refractivity contribution < 1.29 is 0 Å². The van der Waals surface area contributed by atoms with Crippen molar-refractivity contribution >= 4 is 0 Å². The fraction of sp³-hybridized carbons (Fsp3) is 0.625. The van der Waals surface area contributed by atoms with Crippen LogP contribution in [0.1, 0.15) is 55.7 Å². The highest BCUT2D eigenvalue weighted by atomic mass is 14.9. The molecule has 0 aliphatic heterocycles. The first-order chi connectivity index (χ1) is 8.43. The minimum absolute atomic E-state index is 0.625. The molecule has 0 spiro atoms. The summed E-state index contributed by atoms with van der Waals surface area (Å²) in [4.78, 5) is 0. The molecular weight excluding hydrogens is 206 g/mol. The number of rotatable bonds is 4. The molecule has 0 aromatic heterocycles. The van der Waals surface area contributed by atoms with Gasteiger partial charge in [-0.15, -0.1) is 0 Å². The molecule has 1 N–H and O–H groups in total. The van der Waals surface area contributed by atoms with Crippen LogP contribution < -0.4 is 5.32 Å². The summed E-state index contributed by atoms with van der Waals surface area (Å²) in [6.07, 6.45) is 9.75. The molecule has 17 heavy (non-hydrogen) atoms. The molecule has 1 atom stereocenters. The third-order valence-corrected chi connectivity index (χ3v) is 4.54. The molecule has 0 amide bonds. The molecule has 1 nitrogen and oxygen atoms in total. The lowest BCUT2D eigenvalue weighted by molar-refractivity contribution is 0.285. The van der Waals surface area contributed by atoms with E-state index >= 15 is 0 Å². The standard InChI is InChI=1S/C16H23N/c1-2-9-15-14(7-1)8-4-10-16(15)17-12-11-13-5-3-6-13/h1-2,7,9,13,16-17H,3-6,8,10-12H2. The van der Waals surface area contributed by atoms with Gasteiger partial charge in [0.1, 0.15) is 0 Å². The highest BCUT2D eigenvalue weighted by Gasteiger charge is 2.20. The minimum atomic E-state index is 0.625. The van der Waals surface area contributed by atoms with E-state index in [9.17, 15) is 0 Å². The number of hydrogen-bond acceptors (Lipinski definition) is 1. The molecule has 1 aromatic carbocycles. The zero-order valence-corrected chi connectivity index (χ0v) is 10.6. The Balaban J connectivity index is 1.56. The summed E-state index contributed by atoms with van der Waals surface area (Å²) in [7, 11) is 0. The molecule has 1 aromatic rings. The first kappa shape index (κ1) is 11.3. The Bertz CT molecular complexity index is 368. The zero-order chi connectivity index (χ0) is 11.5. The summed E-state index contributed by atoms with van der Waals surface area (Å²) in [5.41, 5.74) is 3.13. The van der Waals surface area contributed by atoms with E-state index in [2.05, 4.69) is 29.6 Å². The fourth-order valence-electron chi connectivity index (χ4n) is 3.21. The van der Waals surface area contributed by atoms with Crippen LogP contribution in [0.25, 0.3) is 0 Å². The second kappa shape index (κ2) is 5.22. The molecule has 0 bridgehead atoms. The molecule has 0 radical (unpaired) electrons. The Morgan fingerprint density at radius 1 is 1.06 bits per heavy atom. The van der Waals surface area contributed by atoms with Gasteiger partial charge in [0.05, 0.1) is 0 Å². The summed E-state index contributed by atoms with van der Waals surface area (Å²) >= 11 is 0. The third-order valence-electron chi connectivity index (χ3n) is 4.54. The van der Waals surface area contributed by atoms with E-state index in [1.807, 2.05) is 0 Å². The minimum Gasteiger partial charge on any atom is -0.310 e. The maximum absolute atomic E-state index is 3.78. The van der Waals surface area contributed by atoms with Gasteiger partial charge in [-0.2, -0.15) is 0 Å². The van der Waals surface area contributed by atoms with Crippen LogP contribution >= 0.6 is 0 Å². The maximum atomic E-state index is 3.78. The third kappa shape index (κ3) is 2.55. The first-order valence-corrected chi connectivity index (χ1v) is 7.24. The van der Waals surface area contributed by atoms with Gasteiger partial charge in [0.2, 0.25) is 0 Å². The molecule has 3 rings (SSSR count). The summed E-state index contributed by atoms with van der Waals surface area (Å²) in [5.74, 6) is 1.03. The highest BCUT2D eigenvalue weighted by molar-refractivity contribution is 5.32. The number of fused-ring (bicyclic) bond motifs is 1. The van der Waals surface area contributed by atoms with E-state index in [0.29, 0.717) is 6.04 Å². The van der Waals surface area contributed by atoms with E-state index in [-0.39, 0.29) is 0 Å². The molecule has 92 valence electrons. The monoisotopic (exact) mass is 229 g/mol. The summed E-state index contributed by atoms with van der Waals surface area (Å²) in [6, 6.07) is 9.60. The average Bonchev–Trinajstić information content (AvgIpc) is 2.32. The first-order valence-electron chi connectivity index (χ1n) is 7.24. The SMILES string of the molecule is c1ccc2c(c1)CCCC2NCCC1CCC1. The van der Waals surface area contributed by atoms with Crippen LogP contribution in [0.15, 0.2) is 24.3 Å². The van der Waals surface area contributed by atoms with Crippen molar-refractivity contribution in [3.8, 4) is 0 Å². The average molecular weight is 229 g/mol. The molecule has 2 aliphatic rings. The largest absolute Gasteiger partial charge is 0.310 e. The van der Waals surface area contributed by atoms with Crippen molar-refractivity contribution in [2.24, 2.45) is 5.92 Å². The van der Waals surface area contributed by atoms with Gasteiger partial charge >= 0.3 is 0 Å². The van der Waals surface area contributed by atoms with Crippen molar-refractivity contribution in [2.75, 3.05) is 6.54 Å². The Morgan fingerprint density at radius 2 is 1.94 bits per heavy atom. The summed E-state index contributed by atoms with van der Waals surface area (Å²) in [5, 5.41) is 3.78. The summed E-state index contributed by atoms with van der Waals surface area (Å²) in [6.45, 7) is 1.21. The van der Waals surface area contributed by atoms with Crippen molar-refractivity contribution in [2.45, 2.75) is 51.0 Å². The van der Waals surface area contributed by atoms with Gasteiger partial charge < -0.3 is 5.32 Å². The second-order valence-electron chi connectivity index (χ2n) is 5.68. The zero-order valence-electron chi connectivity index (χ0n) is 10.6. The van der Waals surface area contributed by atoms with Crippen molar-refractivity contribution in [1.82, 2.24) is 5.32 Å². The van der Waals surface area contributed by atoms with Gasteiger partial charge in [0, 0.05) is 6.04 Å². The highest BCUT2D eigenvalue weighted by Crippen LogP contribution is 2.31. The van der Waals surface area contributed by atoms with Crippen LogP contribution in [0.3, 0.4) is 0 Å². The normalized spacial score (nSPS) is 24.1. The van der Waals surface area contributed by atoms with E-state index in [1.165, 1.54) is 51.5 Å². The number of aryl methyl sites for hydroxylation is 1. The number of hydrogen-bond donors (Lipinski definition) is 1. The topological polar surface area (TPSA) is 12.0 Å². The molecule has 0 saturated heterocycles. The smallest absolute Gasteiger partial charge is 0.0323 e. The van der Waals surface area contributed by atoms with Crippen LogP contribution in [0, 0.1) is 5.92 Å². The second-order valence-corrected chi connectivity index (χ2v) is 5.68. The fourth-order valence-corrected chi connectivity index (χ4v) is 3.21. The van der Waals surface area contributed by atoms with E-state index in [1.54, 1.807) is 11.1 Å². The molecular formula is C16H23N. The van der Waals surface area contributed by atoms with E-state index in [0.717, 1.165) is 5.92 Å². The lowest BCUT2D eigenvalue weighted by Gasteiger charge is -2.29. The van der Waals surface area contributed by atoms with Crippen molar-refractivity contribution in [3.63, 3.8) is 0 Å². The van der Waals surface area contributed by atoms with Crippen molar-refractivity contribution in [1.29, 1.82) is 0 Å². The Kier molecular flexibility index (Phi) is 3.46. The van der Waals surface area contributed by atoms with Gasteiger partial charge in [0.15, 0.2) is 0 Å². The van der Waals surface area contributed by atoms with Crippen molar-refractivity contribution in [3.05, 3.63) is 35.4 Å². The molecule has 2 aliphatic carbocycles. The van der Waals surface area contributed by atoms with Crippen LogP contribution in [-0.2, 0) is 6.42 Å². The molecule has 1 saturated carbocycles.